The maximum atomic E-state index is 9.55. The van der Waals surface area contributed by atoms with Crippen LogP contribution in [0.2, 0.25) is 0 Å². The molecule has 1 aromatic heterocycles. The van der Waals surface area contributed by atoms with Crippen LogP contribution in [-0.2, 0) is 14.3 Å². The monoisotopic (exact) mass is 406 g/mol. The van der Waals surface area contributed by atoms with Crippen molar-refractivity contribution in [1.29, 1.82) is 0 Å². The predicted molar refractivity (Wildman–Crippen MR) is 110 cm³/mol. The Morgan fingerprint density at radius 2 is 1.93 bits per heavy atom. The van der Waals surface area contributed by atoms with Gasteiger partial charge in [-0.3, -0.25) is 0 Å². The van der Waals surface area contributed by atoms with Gasteiger partial charge >= 0.3 is 11.9 Å². The van der Waals surface area contributed by atoms with Crippen molar-refractivity contribution in [2.24, 2.45) is 5.92 Å². The van der Waals surface area contributed by atoms with Gasteiger partial charge in [-0.05, 0) is 52.0 Å². The Labute approximate surface area is 171 Å². The summed E-state index contributed by atoms with van der Waals surface area (Å²) in [4.78, 5) is 28.5. The van der Waals surface area contributed by atoms with E-state index in [-0.39, 0.29) is 0 Å². The van der Waals surface area contributed by atoms with Crippen LogP contribution in [0.25, 0.3) is 0 Å². The quantitative estimate of drug-likeness (QED) is 0.460. The zero-order chi connectivity index (χ0) is 21.2. The zero-order valence-corrected chi connectivity index (χ0v) is 17.0. The average molecular weight is 406 g/mol. The van der Waals surface area contributed by atoms with E-state index in [1.54, 1.807) is 0 Å². The minimum Gasteiger partial charge on any atom is -0.478 e. The number of carboxylic acid groups (broad SMARTS) is 2. The maximum absolute atomic E-state index is 9.55. The average Bonchev–Trinajstić information content (AvgIpc) is 3.06. The van der Waals surface area contributed by atoms with Crippen LogP contribution in [0.1, 0.15) is 19.8 Å². The molecule has 1 atom stereocenters. The highest BCUT2D eigenvalue weighted by molar-refractivity contribution is 5.89. The van der Waals surface area contributed by atoms with Crippen molar-refractivity contribution in [2.75, 3.05) is 50.1 Å². The second kappa shape index (κ2) is 11.4. The number of nitrogens with zero attached hydrogens (tertiary/aromatic N) is 3. The van der Waals surface area contributed by atoms with Crippen LogP contribution < -0.4 is 10.2 Å². The molecule has 0 aliphatic carbocycles. The molecule has 29 heavy (non-hydrogen) atoms. The van der Waals surface area contributed by atoms with Crippen LogP contribution in [0.4, 0.5) is 11.5 Å². The van der Waals surface area contributed by atoms with E-state index in [4.69, 9.17) is 14.9 Å². The van der Waals surface area contributed by atoms with E-state index in [0.29, 0.717) is 24.2 Å². The lowest BCUT2D eigenvalue weighted by molar-refractivity contribution is -0.134. The molecular formula is C20H30N4O5. The molecule has 1 saturated heterocycles. The summed E-state index contributed by atoms with van der Waals surface area (Å²) in [5.41, 5.74) is 1.22. The number of pyridine rings is 1. The molecule has 0 spiro atoms. The molecule has 9 nitrogen and oxygen atoms in total. The summed E-state index contributed by atoms with van der Waals surface area (Å²) in [6.07, 6.45) is 5.83. The van der Waals surface area contributed by atoms with Crippen LogP contribution in [0.3, 0.4) is 0 Å². The summed E-state index contributed by atoms with van der Waals surface area (Å²) in [6, 6.07) is 4.18. The van der Waals surface area contributed by atoms with Crippen molar-refractivity contribution in [3.63, 3.8) is 0 Å². The number of nitrogens with one attached hydrogen (secondary N) is 1. The van der Waals surface area contributed by atoms with Gasteiger partial charge in [0.05, 0.1) is 12.3 Å². The number of piperidine rings is 1. The maximum Gasteiger partial charge on any atom is 0.328 e. The Kier molecular flexibility index (Phi) is 8.88. The van der Waals surface area contributed by atoms with Crippen LogP contribution >= 0.6 is 0 Å². The third-order valence-electron chi connectivity index (χ3n) is 4.98. The van der Waals surface area contributed by atoms with E-state index < -0.39 is 11.9 Å². The van der Waals surface area contributed by atoms with E-state index in [9.17, 15) is 9.59 Å². The van der Waals surface area contributed by atoms with E-state index in [1.165, 1.54) is 31.6 Å². The van der Waals surface area contributed by atoms with Gasteiger partial charge < -0.3 is 30.1 Å². The lowest BCUT2D eigenvalue weighted by atomic mass is 9.93. The number of aromatic nitrogens is 1. The first-order valence-corrected chi connectivity index (χ1v) is 9.80. The number of carboxylic acids is 2. The fraction of sp³-hybridized carbons (Fsp3) is 0.550. The molecule has 2 aliphatic rings. The molecule has 0 aromatic carbocycles. The number of fused-ring (bicyclic) bond motifs is 1. The molecule has 2 aliphatic heterocycles. The van der Waals surface area contributed by atoms with Crippen LogP contribution in [0, 0.1) is 5.92 Å². The smallest absolute Gasteiger partial charge is 0.328 e. The summed E-state index contributed by atoms with van der Waals surface area (Å²) in [7, 11) is 2.21. The Balaban J connectivity index is 0.000000321. The molecule has 3 N–H and O–H groups in total. The van der Waals surface area contributed by atoms with Gasteiger partial charge in [0.25, 0.3) is 0 Å². The Morgan fingerprint density at radius 3 is 2.52 bits per heavy atom. The molecule has 0 amide bonds. The van der Waals surface area contributed by atoms with Crippen molar-refractivity contribution in [3.05, 3.63) is 30.5 Å². The normalized spacial score (nSPS) is 19.4. The molecule has 3 heterocycles. The van der Waals surface area contributed by atoms with Gasteiger partial charge in [0, 0.05) is 37.4 Å². The summed E-state index contributed by atoms with van der Waals surface area (Å²) >= 11 is 0. The standard InChI is InChI=1S/C16H26N4O.C4H4O4/c1-3-21-12-11-20-14-5-4-8-17-15(14)18-16(20)13-6-9-19(2)10-7-13;5-3(6)1-2-4(7)8/h4-5,8,13,16H,3,6-7,9-12H2,1-2H3,(H,17,18);1-2H,(H,5,6)(H,7,8)/b;2-1+. The van der Waals surface area contributed by atoms with Gasteiger partial charge in [-0.15, -0.1) is 0 Å². The third-order valence-corrected chi connectivity index (χ3v) is 4.98. The molecule has 0 radical (unpaired) electrons. The predicted octanol–water partition coefficient (Wildman–Crippen LogP) is 1.73. The molecule has 160 valence electrons. The fourth-order valence-electron chi connectivity index (χ4n) is 3.53. The van der Waals surface area contributed by atoms with Gasteiger partial charge in [0.1, 0.15) is 6.17 Å². The van der Waals surface area contributed by atoms with Crippen molar-refractivity contribution < 1.29 is 24.5 Å². The second-order valence-corrected chi connectivity index (χ2v) is 7.00. The first-order valence-electron chi connectivity index (χ1n) is 9.80. The van der Waals surface area contributed by atoms with Crippen molar-refractivity contribution in [1.82, 2.24) is 9.88 Å². The lowest BCUT2D eigenvalue weighted by Gasteiger charge is -2.37. The van der Waals surface area contributed by atoms with Crippen molar-refractivity contribution >= 4 is 23.4 Å². The number of anilines is 2. The topological polar surface area (TPSA) is 115 Å². The number of likely N-dealkylation sites (tertiary alicyclic amines) is 1. The van der Waals surface area contributed by atoms with Gasteiger partial charge in [0.2, 0.25) is 0 Å². The van der Waals surface area contributed by atoms with Gasteiger partial charge in [-0.25, -0.2) is 14.6 Å². The number of aliphatic carboxylic acids is 2. The largest absolute Gasteiger partial charge is 0.478 e. The van der Waals surface area contributed by atoms with Gasteiger partial charge in [-0.2, -0.15) is 0 Å². The first kappa shape index (κ1) is 22.6. The van der Waals surface area contributed by atoms with Crippen LogP contribution in [0.5, 0.6) is 0 Å². The minimum absolute atomic E-state index is 0.365. The summed E-state index contributed by atoms with van der Waals surface area (Å²) in [6.45, 7) is 6.90. The molecule has 9 heteroatoms. The Hall–Kier alpha value is -2.65. The van der Waals surface area contributed by atoms with Crippen molar-refractivity contribution in [3.8, 4) is 0 Å². The fourth-order valence-corrected chi connectivity index (χ4v) is 3.53. The van der Waals surface area contributed by atoms with E-state index in [0.717, 1.165) is 25.6 Å². The highest BCUT2D eigenvalue weighted by Crippen LogP contribution is 2.37. The van der Waals surface area contributed by atoms with Gasteiger partial charge in [-0.1, -0.05) is 0 Å². The minimum atomic E-state index is -1.26. The highest BCUT2D eigenvalue weighted by Gasteiger charge is 2.36. The highest BCUT2D eigenvalue weighted by atomic mass is 16.5. The number of ether oxygens (including phenoxy) is 1. The van der Waals surface area contributed by atoms with E-state index in [2.05, 4.69) is 33.2 Å². The van der Waals surface area contributed by atoms with E-state index >= 15 is 0 Å². The zero-order valence-electron chi connectivity index (χ0n) is 17.0. The lowest BCUT2D eigenvalue weighted by Crippen LogP contribution is -2.47. The Morgan fingerprint density at radius 1 is 1.28 bits per heavy atom. The summed E-state index contributed by atoms with van der Waals surface area (Å²) in [5.74, 6) is -0.810. The first-order chi connectivity index (χ1) is 13.9. The molecule has 0 saturated carbocycles. The third kappa shape index (κ3) is 7.03. The van der Waals surface area contributed by atoms with Gasteiger partial charge in [0.15, 0.2) is 5.82 Å². The van der Waals surface area contributed by atoms with Crippen LogP contribution in [-0.4, -0.2) is 78.1 Å². The molecule has 1 fully saturated rings. The summed E-state index contributed by atoms with van der Waals surface area (Å²) < 4.78 is 5.57. The number of hydrogen-bond donors (Lipinski definition) is 3. The molecule has 1 unspecified atom stereocenters. The van der Waals surface area contributed by atoms with E-state index in [1.807, 2.05) is 19.2 Å². The number of hydrogen-bond acceptors (Lipinski definition) is 7. The SMILES string of the molecule is CCOCCN1c2cccnc2NC1C1CCN(C)CC1.O=C(O)/C=C/C(=O)O. The van der Waals surface area contributed by atoms with Crippen molar-refractivity contribution in [2.45, 2.75) is 25.9 Å². The summed E-state index contributed by atoms with van der Waals surface area (Å²) in [5, 5.41) is 19.3. The molecule has 3 rings (SSSR count). The Bertz CT molecular complexity index is 688. The number of rotatable bonds is 7. The molecular weight excluding hydrogens is 376 g/mol. The molecule has 0 bridgehead atoms. The number of carbonyl (C=O) groups is 2. The second-order valence-electron chi connectivity index (χ2n) is 7.00. The van der Waals surface area contributed by atoms with Crippen LogP contribution in [0.15, 0.2) is 30.5 Å². The molecule has 1 aromatic rings.